The summed E-state index contributed by atoms with van der Waals surface area (Å²) in [6, 6.07) is 7.81. The predicted molar refractivity (Wildman–Crippen MR) is 82.5 cm³/mol. The van der Waals surface area contributed by atoms with Gasteiger partial charge in [-0.1, -0.05) is 28.1 Å². The van der Waals surface area contributed by atoms with Gasteiger partial charge in [0.1, 0.15) is 0 Å². The van der Waals surface area contributed by atoms with Crippen LogP contribution in [0.15, 0.2) is 28.7 Å². The fourth-order valence-corrected chi connectivity index (χ4v) is 2.96. The lowest BCUT2D eigenvalue weighted by atomic mass is 9.74. The Morgan fingerprint density at radius 1 is 1.50 bits per heavy atom. The summed E-state index contributed by atoms with van der Waals surface area (Å²) in [5, 5.41) is 2.98. The first-order valence-corrected chi connectivity index (χ1v) is 7.70. The highest BCUT2D eigenvalue weighted by molar-refractivity contribution is 9.10. The normalized spacial score (nSPS) is 19.4. The van der Waals surface area contributed by atoms with E-state index in [2.05, 4.69) is 33.4 Å². The van der Waals surface area contributed by atoms with Gasteiger partial charge >= 0.3 is 0 Å². The zero-order chi connectivity index (χ0) is 14.6. The van der Waals surface area contributed by atoms with Gasteiger partial charge in [0.25, 0.3) is 0 Å². The smallest absolute Gasteiger partial charge is 0.236 e. The molecule has 1 aliphatic rings. The van der Waals surface area contributed by atoms with Crippen molar-refractivity contribution in [2.24, 2.45) is 5.73 Å². The molecule has 0 aliphatic carbocycles. The van der Waals surface area contributed by atoms with Crippen molar-refractivity contribution < 1.29 is 9.53 Å². The molecule has 0 aromatic heterocycles. The van der Waals surface area contributed by atoms with Gasteiger partial charge in [0.05, 0.1) is 6.04 Å². The summed E-state index contributed by atoms with van der Waals surface area (Å²) in [6.07, 6.45) is 1.81. The molecule has 1 fully saturated rings. The highest BCUT2D eigenvalue weighted by Gasteiger charge is 2.35. The maximum atomic E-state index is 11.7. The molecule has 1 heterocycles. The lowest BCUT2D eigenvalue weighted by Gasteiger charge is -2.38. The molecule has 0 unspecified atom stereocenters. The minimum atomic E-state index is -0.477. The van der Waals surface area contributed by atoms with Crippen LogP contribution in [0.5, 0.6) is 0 Å². The standard InChI is InChI=1S/C15H21BrN2O2/c1-11(17)14(19)18-10-15(5-7-20-8-6-15)12-3-2-4-13(16)9-12/h2-4,9,11H,5-8,10,17H2,1H3,(H,18,19)/t11-/m0/s1. The van der Waals surface area contributed by atoms with E-state index in [1.807, 2.05) is 12.1 Å². The molecule has 1 aromatic rings. The van der Waals surface area contributed by atoms with E-state index < -0.39 is 6.04 Å². The highest BCUT2D eigenvalue weighted by Crippen LogP contribution is 2.35. The Hall–Kier alpha value is -0.910. The van der Waals surface area contributed by atoms with E-state index in [1.54, 1.807) is 6.92 Å². The molecule has 5 heteroatoms. The number of nitrogens with one attached hydrogen (secondary N) is 1. The minimum Gasteiger partial charge on any atom is -0.381 e. The van der Waals surface area contributed by atoms with E-state index in [-0.39, 0.29) is 11.3 Å². The lowest BCUT2D eigenvalue weighted by molar-refractivity contribution is -0.122. The summed E-state index contributed by atoms with van der Waals surface area (Å²) in [7, 11) is 0. The Morgan fingerprint density at radius 2 is 2.20 bits per heavy atom. The molecule has 1 atom stereocenters. The molecule has 1 amide bonds. The van der Waals surface area contributed by atoms with Crippen LogP contribution in [-0.4, -0.2) is 31.7 Å². The number of rotatable bonds is 4. The van der Waals surface area contributed by atoms with Crippen LogP contribution in [0.2, 0.25) is 0 Å². The maximum Gasteiger partial charge on any atom is 0.236 e. The molecule has 1 aliphatic heterocycles. The van der Waals surface area contributed by atoms with Crippen molar-refractivity contribution in [2.75, 3.05) is 19.8 Å². The molecule has 2 rings (SSSR count). The molecular weight excluding hydrogens is 320 g/mol. The zero-order valence-corrected chi connectivity index (χ0v) is 13.3. The molecule has 0 spiro atoms. The molecule has 0 bridgehead atoms. The maximum absolute atomic E-state index is 11.7. The van der Waals surface area contributed by atoms with Crippen molar-refractivity contribution in [1.82, 2.24) is 5.32 Å². The van der Waals surface area contributed by atoms with Crippen LogP contribution in [0, 0.1) is 0 Å². The van der Waals surface area contributed by atoms with Crippen molar-refractivity contribution in [2.45, 2.75) is 31.2 Å². The van der Waals surface area contributed by atoms with Crippen molar-refractivity contribution in [3.63, 3.8) is 0 Å². The van der Waals surface area contributed by atoms with Crippen LogP contribution in [0.1, 0.15) is 25.3 Å². The Morgan fingerprint density at radius 3 is 2.80 bits per heavy atom. The highest BCUT2D eigenvalue weighted by atomic mass is 79.9. The van der Waals surface area contributed by atoms with Gasteiger partial charge in [0, 0.05) is 29.6 Å². The quantitative estimate of drug-likeness (QED) is 0.880. The van der Waals surface area contributed by atoms with Gasteiger partial charge in [0.2, 0.25) is 5.91 Å². The summed E-state index contributed by atoms with van der Waals surface area (Å²) in [5.74, 6) is -0.106. The predicted octanol–water partition coefficient (Wildman–Crippen LogP) is 1.96. The first-order valence-electron chi connectivity index (χ1n) is 6.91. The van der Waals surface area contributed by atoms with Gasteiger partial charge in [-0.3, -0.25) is 4.79 Å². The van der Waals surface area contributed by atoms with Crippen molar-refractivity contribution >= 4 is 21.8 Å². The fourth-order valence-electron chi connectivity index (χ4n) is 2.57. The summed E-state index contributed by atoms with van der Waals surface area (Å²) in [4.78, 5) is 11.7. The van der Waals surface area contributed by atoms with Crippen molar-refractivity contribution in [3.8, 4) is 0 Å². The number of amides is 1. The second-order valence-electron chi connectivity index (χ2n) is 5.41. The Kier molecular flexibility index (Phi) is 5.18. The van der Waals surface area contributed by atoms with E-state index in [0.29, 0.717) is 6.54 Å². The second kappa shape index (κ2) is 6.70. The molecule has 1 saturated heterocycles. The molecule has 4 nitrogen and oxygen atoms in total. The van der Waals surface area contributed by atoms with Gasteiger partial charge in [-0.25, -0.2) is 0 Å². The number of hydrogen-bond acceptors (Lipinski definition) is 3. The van der Waals surface area contributed by atoms with Crippen LogP contribution in [0.4, 0.5) is 0 Å². The summed E-state index contributed by atoms with van der Waals surface area (Å²) >= 11 is 3.52. The number of nitrogens with two attached hydrogens (primary N) is 1. The van der Waals surface area contributed by atoms with Crippen LogP contribution in [-0.2, 0) is 14.9 Å². The van der Waals surface area contributed by atoms with Crippen LogP contribution < -0.4 is 11.1 Å². The minimum absolute atomic E-state index is 0.0629. The third-order valence-corrected chi connectivity index (χ3v) is 4.39. The molecular formula is C15H21BrN2O2. The van der Waals surface area contributed by atoms with Crippen LogP contribution in [0.25, 0.3) is 0 Å². The first kappa shape index (κ1) is 15.5. The first-order chi connectivity index (χ1) is 9.53. The van der Waals surface area contributed by atoms with Crippen molar-refractivity contribution in [3.05, 3.63) is 34.3 Å². The van der Waals surface area contributed by atoms with E-state index >= 15 is 0 Å². The molecule has 110 valence electrons. The number of halogens is 1. The Labute approximate surface area is 128 Å². The molecule has 0 saturated carbocycles. The monoisotopic (exact) mass is 340 g/mol. The number of benzene rings is 1. The van der Waals surface area contributed by atoms with Crippen LogP contribution >= 0.6 is 15.9 Å². The third kappa shape index (κ3) is 3.59. The SMILES string of the molecule is C[C@H](N)C(=O)NCC1(c2cccc(Br)c2)CCOCC1. The van der Waals surface area contributed by atoms with E-state index in [4.69, 9.17) is 10.5 Å². The van der Waals surface area contributed by atoms with E-state index in [1.165, 1.54) is 5.56 Å². The zero-order valence-electron chi connectivity index (χ0n) is 11.7. The van der Waals surface area contributed by atoms with Crippen LogP contribution in [0.3, 0.4) is 0 Å². The lowest BCUT2D eigenvalue weighted by Crippen LogP contribution is -2.48. The van der Waals surface area contributed by atoms with Gasteiger partial charge in [-0.05, 0) is 37.5 Å². The van der Waals surface area contributed by atoms with Gasteiger partial charge < -0.3 is 15.8 Å². The average molecular weight is 341 g/mol. The van der Waals surface area contributed by atoms with Gasteiger partial charge in [-0.15, -0.1) is 0 Å². The van der Waals surface area contributed by atoms with Gasteiger partial charge in [-0.2, -0.15) is 0 Å². The molecule has 20 heavy (non-hydrogen) atoms. The van der Waals surface area contributed by atoms with Gasteiger partial charge in [0.15, 0.2) is 0 Å². The summed E-state index contributed by atoms with van der Waals surface area (Å²) in [5.41, 5.74) is 6.79. The number of carbonyl (C=O) groups is 1. The molecule has 3 N–H and O–H groups in total. The fraction of sp³-hybridized carbons (Fsp3) is 0.533. The topological polar surface area (TPSA) is 64.4 Å². The van der Waals surface area contributed by atoms with E-state index in [9.17, 15) is 4.79 Å². The molecule has 0 radical (unpaired) electrons. The molecule has 1 aromatic carbocycles. The largest absolute Gasteiger partial charge is 0.381 e. The summed E-state index contributed by atoms with van der Waals surface area (Å²) in [6.45, 7) is 3.75. The number of hydrogen-bond donors (Lipinski definition) is 2. The Balaban J connectivity index is 2.19. The number of ether oxygens (including phenoxy) is 1. The third-order valence-electron chi connectivity index (χ3n) is 3.90. The van der Waals surface area contributed by atoms with E-state index in [0.717, 1.165) is 30.5 Å². The number of carbonyl (C=O) groups excluding carboxylic acids is 1. The van der Waals surface area contributed by atoms with Crippen molar-refractivity contribution in [1.29, 1.82) is 0 Å². The Bertz CT molecular complexity index is 471. The second-order valence-corrected chi connectivity index (χ2v) is 6.33. The summed E-state index contributed by atoms with van der Waals surface area (Å²) < 4.78 is 6.54. The average Bonchev–Trinajstić information content (AvgIpc) is 2.45.